The molecule has 3 aliphatic rings. The van der Waals surface area contributed by atoms with Crippen LogP contribution in [0.5, 0.6) is 0 Å². The topological polar surface area (TPSA) is 9.23 Å². The van der Waals surface area contributed by atoms with Gasteiger partial charge in [0.15, 0.2) is 0 Å². The molecule has 132 valence electrons. The zero-order valence-corrected chi connectivity index (χ0v) is 17.6. The van der Waals surface area contributed by atoms with Crippen LogP contribution in [0.1, 0.15) is 18.4 Å². The third-order valence-corrected chi connectivity index (χ3v) is 3.74. The predicted molar refractivity (Wildman–Crippen MR) is 104 cm³/mol. The van der Waals surface area contributed by atoms with Gasteiger partial charge in [-0.3, -0.25) is 0 Å². The van der Waals surface area contributed by atoms with Crippen LogP contribution >= 0.6 is 0 Å². The minimum absolute atomic E-state index is 0. The van der Waals surface area contributed by atoms with Crippen molar-refractivity contribution in [2.45, 2.75) is 12.8 Å². The van der Waals surface area contributed by atoms with E-state index in [-0.39, 0.29) is 32.1 Å². The largest absolute Gasteiger partial charge is 2.00 e. The first-order valence-corrected chi connectivity index (χ1v) is 8.78. The molecule has 2 aliphatic carbocycles. The van der Waals surface area contributed by atoms with Crippen LogP contribution in [0, 0.1) is 83.1 Å². The van der Waals surface area contributed by atoms with E-state index >= 15 is 0 Å². The van der Waals surface area contributed by atoms with Crippen LogP contribution in [0.25, 0.3) is 0 Å². The average molecular weight is 422 g/mol. The number of hydrogen-bond acceptors (Lipinski definition) is 1. The standard InChI is InChI=1S/C14H16O.2C5H5.Zr/c1-12-11-15-9-5-8-14(12)10-13-6-3-2-4-7-13;2*1-2-4-5-3-1;/h2-4,6-7,12H,1,5,8-9,11H2;2*1-5H;/q-2;;;+2. The molecule has 1 heterocycles. The zero-order valence-electron chi connectivity index (χ0n) is 15.2. The molecule has 26 heavy (non-hydrogen) atoms. The molecular weight excluding hydrogens is 395 g/mol. The maximum absolute atomic E-state index is 5.45. The van der Waals surface area contributed by atoms with E-state index in [0.717, 1.165) is 31.6 Å². The van der Waals surface area contributed by atoms with Gasteiger partial charge >= 0.3 is 26.2 Å². The normalized spacial score (nSPS) is 23.7. The molecule has 2 heteroatoms. The Hall–Kier alpha value is -0.197. The van der Waals surface area contributed by atoms with Crippen LogP contribution < -0.4 is 0 Å². The summed E-state index contributed by atoms with van der Waals surface area (Å²) in [6, 6.07) is 10.2. The van der Waals surface area contributed by atoms with Crippen molar-refractivity contribution < 1.29 is 30.9 Å². The monoisotopic (exact) mass is 420 g/mol. The molecule has 0 bridgehead atoms. The summed E-state index contributed by atoms with van der Waals surface area (Å²) in [5.41, 5.74) is 2.43. The van der Waals surface area contributed by atoms with Gasteiger partial charge in [-0.1, -0.05) is 6.07 Å². The van der Waals surface area contributed by atoms with E-state index in [1.807, 2.05) is 82.4 Å². The number of benzene rings is 1. The van der Waals surface area contributed by atoms with Gasteiger partial charge in [-0.2, -0.15) is 29.3 Å². The van der Waals surface area contributed by atoms with Crippen LogP contribution in [0.3, 0.4) is 0 Å². The quantitative estimate of drug-likeness (QED) is 0.576. The van der Waals surface area contributed by atoms with Gasteiger partial charge in [-0.25, -0.2) is 0 Å². The van der Waals surface area contributed by atoms with Crippen molar-refractivity contribution in [3.8, 4) is 0 Å². The van der Waals surface area contributed by atoms with Crippen LogP contribution in [0.2, 0.25) is 0 Å². The van der Waals surface area contributed by atoms with Gasteiger partial charge in [0, 0.05) is 13.2 Å². The average Bonchev–Trinajstić information content (AvgIpc) is 3.37. The summed E-state index contributed by atoms with van der Waals surface area (Å²) >= 11 is 0. The molecule has 1 aromatic carbocycles. The Labute approximate surface area is 181 Å². The smallest absolute Gasteiger partial charge is 0.384 e. The van der Waals surface area contributed by atoms with Crippen LogP contribution in [-0.4, -0.2) is 13.2 Å². The summed E-state index contributed by atoms with van der Waals surface area (Å²) in [5, 5.41) is 0. The van der Waals surface area contributed by atoms with E-state index in [1.54, 1.807) is 0 Å². The molecule has 1 nitrogen and oxygen atoms in total. The van der Waals surface area contributed by atoms with E-state index in [4.69, 9.17) is 4.74 Å². The van der Waals surface area contributed by atoms with Crippen LogP contribution in [-0.2, 0) is 30.9 Å². The molecule has 1 aromatic rings. The molecule has 0 aromatic heterocycles. The summed E-state index contributed by atoms with van der Waals surface area (Å²) in [6.07, 6.45) is 25.6. The summed E-state index contributed by atoms with van der Waals surface area (Å²) in [7, 11) is 0. The summed E-state index contributed by atoms with van der Waals surface area (Å²) in [5.74, 6) is 0.257. The van der Waals surface area contributed by atoms with Crippen molar-refractivity contribution in [1.29, 1.82) is 0 Å². The van der Waals surface area contributed by atoms with E-state index in [9.17, 15) is 0 Å². The van der Waals surface area contributed by atoms with Gasteiger partial charge in [0.2, 0.25) is 0 Å². The summed E-state index contributed by atoms with van der Waals surface area (Å²) in [4.78, 5) is 0. The first kappa shape index (κ1) is 23.8. The fourth-order valence-corrected chi connectivity index (χ4v) is 2.41. The maximum Gasteiger partial charge on any atom is 2.00 e. The van der Waals surface area contributed by atoms with Crippen molar-refractivity contribution >= 4 is 0 Å². The Morgan fingerprint density at radius 2 is 1.31 bits per heavy atom. The second-order valence-corrected chi connectivity index (χ2v) is 5.82. The minimum Gasteiger partial charge on any atom is -0.384 e. The van der Waals surface area contributed by atoms with E-state index in [1.165, 1.54) is 5.57 Å². The molecule has 0 spiro atoms. The van der Waals surface area contributed by atoms with Crippen molar-refractivity contribution in [3.63, 3.8) is 0 Å². The number of rotatable bonds is 1. The second kappa shape index (κ2) is 15.8. The Kier molecular flexibility index (Phi) is 14.5. The van der Waals surface area contributed by atoms with Gasteiger partial charge in [0.05, 0.1) is 0 Å². The van der Waals surface area contributed by atoms with Crippen molar-refractivity contribution in [2.24, 2.45) is 5.92 Å². The molecule has 1 saturated heterocycles. The molecule has 4 rings (SSSR count). The summed E-state index contributed by atoms with van der Waals surface area (Å²) in [6.45, 7) is 5.70. The third-order valence-electron chi connectivity index (χ3n) is 3.74. The van der Waals surface area contributed by atoms with E-state index in [2.05, 4.69) is 25.1 Å². The second-order valence-electron chi connectivity index (χ2n) is 5.82. The van der Waals surface area contributed by atoms with Crippen LogP contribution in [0.15, 0.2) is 35.9 Å². The molecule has 1 unspecified atom stereocenters. The molecule has 0 N–H and O–H groups in total. The molecule has 3 fully saturated rings. The molecule has 2 saturated carbocycles. The van der Waals surface area contributed by atoms with Gasteiger partial charge < -0.3 is 11.7 Å². The van der Waals surface area contributed by atoms with Crippen molar-refractivity contribution in [3.05, 3.63) is 119 Å². The van der Waals surface area contributed by atoms with E-state index < -0.39 is 0 Å². The predicted octanol–water partition coefficient (Wildman–Crippen LogP) is 5.07. The first-order chi connectivity index (χ1) is 12.4. The molecular formula is C24H26OZr. The first-order valence-electron chi connectivity index (χ1n) is 8.78. The Bertz CT molecular complexity index is 435. The SMILES string of the molecule is [CH2-]C1COCCCC1=[C-]c1ccccc1.[CH]1[CH][CH][CH][CH]1.[CH]1[CH][CH][CH][CH]1.[Zr+2]. The Balaban J connectivity index is 0.000000251. The molecule has 1 aliphatic heterocycles. The van der Waals surface area contributed by atoms with Gasteiger partial charge in [-0.15, -0.1) is 18.1 Å². The zero-order chi connectivity index (χ0) is 17.6. The fraction of sp³-hybridized carbons (Fsp3) is 0.208. The Morgan fingerprint density at radius 3 is 1.81 bits per heavy atom. The fourth-order valence-electron chi connectivity index (χ4n) is 2.41. The molecule has 10 radical (unpaired) electrons. The van der Waals surface area contributed by atoms with Crippen molar-refractivity contribution in [2.75, 3.05) is 13.2 Å². The summed E-state index contributed by atoms with van der Waals surface area (Å²) < 4.78 is 5.45. The van der Waals surface area contributed by atoms with Crippen molar-refractivity contribution in [1.82, 2.24) is 0 Å². The maximum atomic E-state index is 5.45. The van der Waals surface area contributed by atoms with Crippen LogP contribution in [0.4, 0.5) is 0 Å². The van der Waals surface area contributed by atoms with Gasteiger partial charge in [0.1, 0.15) is 0 Å². The Morgan fingerprint density at radius 1 is 0.808 bits per heavy atom. The third kappa shape index (κ3) is 10.8. The number of ether oxygens (including phenoxy) is 1. The minimum atomic E-state index is 0. The molecule has 1 atom stereocenters. The van der Waals surface area contributed by atoms with E-state index in [0.29, 0.717) is 0 Å². The van der Waals surface area contributed by atoms with Gasteiger partial charge in [-0.05, 0) is 77.0 Å². The molecule has 0 amide bonds. The van der Waals surface area contributed by atoms with Gasteiger partial charge in [0.25, 0.3) is 0 Å². The number of hydrogen-bond donors (Lipinski definition) is 0.